The van der Waals surface area contributed by atoms with Crippen molar-refractivity contribution in [1.82, 2.24) is 14.9 Å². The monoisotopic (exact) mass is 396 g/mol. The van der Waals surface area contributed by atoms with Crippen LogP contribution in [0.4, 0.5) is 17.3 Å². The van der Waals surface area contributed by atoms with E-state index in [2.05, 4.69) is 36.1 Å². The molecule has 1 N–H and O–H groups in total. The number of morpholine rings is 1. The van der Waals surface area contributed by atoms with Crippen LogP contribution in [0.3, 0.4) is 0 Å². The van der Waals surface area contributed by atoms with Gasteiger partial charge in [-0.2, -0.15) is 0 Å². The van der Waals surface area contributed by atoms with E-state index in [1.807, 2.05) is 24.3 Å². The summed E-state index contributed by atoms with van der Waals surface area (Å²) in [6.07, 6.45) is 4.03. The van der Waals surface area contributed by atoms with Crippen molar-refractivity contribution in [3.05, 3.63) is 42.7 Å². The largest absolute Gasteiger partial charge is 0.378 e. The van der Waals surface area contributed by atoms with Crippen LogP contribution in [0, 0.1) is 0 Å². The van der Waals surface area contributed by atoms with Gasteiger partial charge < -0.3 is 19.9 Å². The van der Waals surface area contributed by atoms with Crippen molar-refractivity contribution >= 4 is 23.2 Å². The number of para-hydroxylation sites is 2. The molecule has 1 aromatic carbocycles. The number of carbonyl (C=O) groups is 1. The molecule has 3 heterocycles. The Hall–Kier alpha value is -2.71. The van der Waals surface area contributed by atoms with Crippen LogP contribution < -0.4 is 15.1 Å². The predicted octanol–water partition coefficient (Wildman–Crippen LogP) is 1.46. The van der Waals surface area contributed by atoms with Crippen molar-refractivity contribution in [3.8, 4) is 0 Å². The molecular formula is C21H28N6O2. The first kappa shape index (κ1) is 19.6. The number of hydrogen-bond acceptors (Lipinski definition) is 7. The highest BCUT2D eigenvalue weighted by molar-refractivity contribution is 5.94. The van der Waals surface area contributed by atoms with Gasteiger partial charge in [0.25, 0.3) is 0 Å². The van der Waals surface area contributed by atoms with E-state index in [-0.39, 0.29) is 5.91 Å². The number of hydrogen-bond donors (Lipinski definition) is 1. The van der Waals surface area contributed by atoms with Gasteiger partial charge in [0.1, 0.15) is 0 Å². The lowest BCUT2D eigenvalue weighted by molar-refractivity contribution is -0.116. The van der Waals surface area contributed by atoms with Crippen LogP contribution in [0.2, 0.25) is 0 Å². The Morgan fingerprint density at radius 3 is 2.41 bits per heavy atom. The molecule has 29 heavy (non-hydrogen) atoms. The maximum atomic E-state index is 12.6. The molecule has 0 radical (unpaired) electrons. The number of ether oxygens (including phenoxy) is 1. The molecule has 0 atom stereocenters. The minimum Gasteiger partial charge on any atom is -0.378 e. The molecule has 2 fully saturated rings. The third-order valence-corrected chi connectivity index (χ3v) is 5.39. The van der Waals surface area contributed by atoms with E-state index >= 15 is 0 Å². The van der Waals surface area contributed by atoms with Crippen molar-refractivity contribution in [1.29, 1.82) is 0 Å². The number of piperazine rings is 1. The highest BCUT2D eigenvalue weighted by atomic mass is 16.5. The van der Waals surface area contributed by atoms with Gasteiger partial charge in [0.15, 0.2) is 0 Å². The second-order valence-corrected chi connectivity index (χ2v) is 7.29. The lowest BCUT2D eigenvalue weighted by Gasteiger charge is -2.34. The van der Waals surface area contributed by atoms with Gasteiger partial charge in [0.2, 0.25) is 11.9 Å². The highest BCUT2D eigenvalue weighted by Gasteiger charge is 2.20. The van der Waals surface area contributed by atoms with E-state index in [4.69, 9.17) is 4.74 Å². The van der Waals surface area contributed by atoms with E-state index in [1.54, 1.807) is 12.4 Å². The van der Waals surface area contributed by atoms with E-state index in [1.165, 1.54) is 0 Å². The lowest BCUT2D eigenvalue weighted by Crippen LogP contribution is -2.47. The Balaban J connectivity index is 1.25. The highest BCUT2D eigenvalue weighted by Crippen LogP contribution is 2.26. The molecule has 0 unspecified atom stereocenters. The van der Waals surface area contributed by atoms with Gasteiger partial charge in [0.05, 0.1) is 24.6 Å². The van der Waals surface area contributed by atoms with Crippen molar-refractivity contribution in [2.45, 2.75) is 6.42 Å². The summed E-state index contributed by atoms with van der Waals surface area (Å²) >= 11 is 0. The molecule has 0 bridgehead atoms. The second kappa shape index (κ2) is 9.67. The molecule has 0 spiro atoms. The molecule has 0 aliphatic carbocycles. The van der Waals surface area contributed by atoms with Gasteiger partial charge in [-0.15, -0.1) is 0 Å². The molecule has 154 valence electrons. The zero-order valence-corrected chi connectivity index (χ0v) is 16.7. The summed E-state index contributed by atoms with van der Waals surface area (Å²) in [5, 5.41) is 3.10. The topological polar surface area (TPSA) is 73.8 Å². The van der Waals surface area contributed by atoms with E-state index in [0.717, 1.165) is 76.4 Å². The first-order valence-corrected chi connectivity index (χ1v) is 10.3. The molecule has 2 aliphatic heterocycles. The van der Waals surface area contributed by atoms with Crippen LogP contribution in [-0.2, 0) is 9.53 Å². The van der Waals surface area contributed by atoms with E-state index < -0.39 is 0 Å². The Kier molecular flexibility index (Phi) is 6.53. The van der Waals surface area contributed by atoms with Gasteiger partial charge in [0, 0.05) is 64.6 Å². The summed E-state index contributed by atoms with van der Waals surface area (Å²) in [5.74, 6) is 0.837. The smallest absolute Gasteiger partial charge is 0.225 e. The van der Waals surface area contributed by atoms with Crippen LogP contribution in [0.15, 0.2) is 42.7 Å². The van der Waals surface area contributed by atoms with Crippen molar-refractivity contribution < 1.29 is 9.53 Å². The number of amides is 1. The number of nitrogens with zero attached hydrogens (tertiary/aromatic N) is 5. The SMILES string of the molecule is O=C(CCN1CCN(c2ncccn2)CC1)Nc1ccccc1N1CCOCC1. The average Bonchev–Trinajstić information content (AvgIpc) is 2.80. The molecule has 1 aromatic heterocycles. The quantitative estimate of drug-likeness (QED) is 0.792. The number of nitrogens with one attached hydrogen (secondary N) is 1. The third-order valence-electron chi connectivity index (χ3n) is 5.39. The van der Waals surface area contributed by atoms with Crippen LogP contribution in [-0.4, -0.2) is 79.8 Å². The first-order valence-electron chi connectivity index (χ1n) is 10.3. The average molecular weight is 396 g/mol. The maximum absolute atomic E-state index is 12.6. The lowest BCUT2D eigenvalue weighted by atomic mass is 10.2. The number of anilines is 3. The van der Waals surface area contributed by atoms with Gasteiger partial charge in [-0.25, -0.2) is 9.97 Å². The van der Waals surface area contributed by atoms with Gasteiger partial charge in [-0.3, -0.25) is 9.69 Å². The fourth-order valence-electron chi connectivity index (χ4n) is 3.76. The summed E-state index contributed by atoms with van der Waals surface area (Å²) in [6.45, 7) is 7.49. The fourth-order valence-corrected chi connectivity index (χ4v) is 3.76. The summed E-state index contributed by atoms with van der Waals surface area (Å²) in [4.78, 5) is 28.0. The normalized spacial score (nSPS) is 17.9. The molecule has 2 aliphatic rings. The minimum absolute atomic E-state index is 0.0551. The van der Waals surface area contributed by atoms with E-state index in [0.29, 0.717) is 6.42 Å². The fraction of sp³-hybridized carbons (Fsp3) is 0.476. The predicted molar refractivity (Wildman–Crippen MR) is 113 cm³/mol. The molecule has 4 rings (SSSR count). The van der Waals surface area contributed by atoms with Crippen LogP contribution in [0.1, 0.15) is 6.42 Å². The third kappa shape index (κ3) is 5.21. The van der Waals surface area contributed by atoms with Crippen molar-refractivity contribution in [3.63, 3.8) is 0 Å². The molecule has 2 saturated heterocycles. The minimum atomic E-state index is 0.0551. The van der Waals surface area contributed by atoms with Crippen molar-refractivity contribution in [2.75, 3.05) is 74.1 Å². The van der Waals surface area contributed by atoms with Crippen LogP contribution in [0.5, 0.6) is 0 Å². The summed E-state index contributed by atoms with van der Waals surface area (Å²) in [6, 6.07) is 9.84. The van der Waals surface area contributed by atoms with Crippen LogP contribution >= 0.6 is 0 Å². The molecule has 8 nitrogen and oxygen atoms in total. The summed E-state index contributed by atoms with van der Waals surface area (Å²) < 4.78 is 5.44. The Morgan fingerprint density at radius 2 is 1.66 bits per heavy atom. The van der Waals surface area contributed by atoms with Gasteiger partial charge in [-0.1, -0.05) is 12.1 Å². The zero-order chi connectivity index (χ0) is 19.9. The summed E-state index contributed by atoms with van der Waals surface area (Å²) in [5.41, 5.74) is 1.95. The number of carbonyl (C=O) groups excluding carboxylic acids is 1. The maximum Gasteiger partial charge on any atom is 0.225 e. The molecule has 2 aromatic rings. The second-order valence-electron chi connectivity index (χ2n) is 7.29. The van der Waals surface area contributed by atoms with Gasteiger partial charge in [-0.05, 0) is 18.2 Å². The molecule has 0 saturated carbocycles. The summed E-state index contributed by atoms with van der Waals surface area (Å²) in [7, 11) is 0. The van der Waals surface area contributed by atoms with E-state index in [9.17, 15) is 4.79 Å². The molecule has 1 amide bonds. The molecule has 8 heteroatoms. The number of aromatic nitrogens is 2. The first-order chi connectivity index (χ1) is 14.3. The van der Waals surface area contributed by atoms with Gasteiger partial charge >= 0.3 is 0 Å². The van der Waals surface area contributed by atoms with Crippen molar-refractivity contribution in [2.24, 2.45) is 0 Å². The number of rotatable bonds is 6. The molecular weight excluding hydrogens is 368 g/mol. The zero-order valence-electron chi connectivity index (χ0n) is 16.7. The Morgan fingerprint density at radius 1 is 0.931 bits per heavy atom. The number of benzene rings is 1. The standard InChI is InChI=1S/C21H28N6O2/c28-20(24-18-4-1-2-5-19(18)26-14-16-29-17-15-26)6-9-25-10-12-27(13-11-25)21-22-7-3-8-23-21/h1-5,7-8H,6,9-17H2,(H,24,28). The Bertz CT molecular complexity index is 789. The van der Waals surface area contributed by atoms with Crippen LogP contribution in [0.25, 0.3) is 0 Å². The Labute approximate surface area is 171 Å².